The highest BCUT2D eigenvalue weighted by Crippen LogP contribution is 2.30. The molecule has 1 heterocycles. The van der Waals surface area contributed by atoms with Crippen molar-refractivity contribution in [2.45, 2.75) is 12.8 Å². The van der Waals surface area contributed by atoms with Gasteiger partial charge >= 0.3 is 0 Å². The van der Waals surface area contributed by atoms with Gasteiger partial charge in [0.05, 0.1) is 0 Å². The molecule has 4 rings (SSSR count). The van der Waals surface area contributed by atoms with E-state index in [0.29, 0.717) is 11.3 Å². The maximum absolute atomic E-state index is 12.4. The molecule has 1 saturated carbocycles. The Morgan fingerprint density at radius 2 is 1.38 bits per heavy atom. The highest BCUT2D eigenvalue weighted by molar-refractivity contribution is 6.04. The van der Waals surface area contributed by atoms with Crippen molar-refractivity contribution >= 4 is 23.2 Å². The van der Waals surface area contributed by atoms with Crippen LogP contribution in [0.5, 0.6) is 0 Å². The monoisotopic (exact) mass is 345 g/mol. The van der Waals surface area contributed by atoms with Gasteiger partial charge in [0.25, 0.3) is 5.91 Å². The topological polar surface area (TPSA) is 63.1 Å². The zero-order valence-electron chi connectivity index (χ0n) is 14.2. The Hall–Kier alpha value is -3.34. The maximum Gasteiger partial charge on any atom is 0.255 e. The van der Waals surface area contributed by atoms with E-state index < -0.39 is 0 Å². The van der Waals surface area contributed by atoms with E-state index in [9.17, 15) is 9.59 Å². The normalized spacial score (nSPS) is 13.2. The van der Waals surface area contributed by atoms with Crippen LogP contribution < -0.4 is 10.6 Å². The molecule has 2 aromatic carbocycles. The number of nitrogens with one attached hydrogen (secondary N) is 2. The molecular weight excluding hydrogens is 326 g/mol. The van der Waals surface area contributed by atoms with Crippen molar-refractivity contribution in [3.8, 4) is 5.69 Å². The molecule has 5 nitrogen and oxygen atoms in total. The third kappa shape index (κ3) is 3.67. The summed E-state index contributed by atoms with van der Waals surface area (Å²) in [5.41, 5.74) is 3.03. The molecule has 26 heavy (non-hydrogen) atoms. The van der Waals surface area contributed by atoms with E-state index in [4.69, 9.17) is 0 Å². The summed E-state index contributed by atoms with van der Waals surface area (Å²) in [6.45, 7) is 0. The van der Waals surface area contributed by atoms with Crippen molar-refractivity contribution in [3.63, 3.8) is 0 Å². The van der Waals surface area contributed by atoms with Crippen LogP contribution in [-0.2, 0) is 4.79 Å². The van der Waals surface area contributed by atoms with Gasteiger partial charge < -0.3 is 15.2 Å². The minimum atomic E-state index is -0.168. The van der Waals surface area contributed by atoms with Crippen LogP contribution in [0.25, 0.3) is 5.69 Å². The Morgan fingerprint density at radius 3 is 1.96 bits per heavy atom. The summed E-state index contributed by atoms with van der Waals surface area (Å²) >= 11 is 0. The molecule has 0 aliphatic heterocycles. The van der Waals surface area contributed by atoms with Crippen LogP contribution in [0.3, 0.4) is 0 Å². The summed E-state index contributed by atoms with van der Waals surface area (Å²) < 4.78 is 1.98. The SMILES string of the molecule is O=C(Nc1ccc(NC(=O)C2CC2)cc1)c1ccc(-n2cccc2)cc1. The van der Waals surface area contributed by atoms with Gasteiger partial charge in [0.1, 0.15) is 0 Å². The number of anilines is 2. The summed E-state index contributed by atoms with van der Waals surface area (Å²) in [6.07, 6.45) is 5.86. The van der Waals surface area contributed by atoms with Gasteiger partial charge in [-0.1, -0.05) is 0 Å². The molecule has 1 aromatic heterocycles. The Kier molecular flexibility index (Phi) is 4.27. The lowest BCUT2D eigenvalue weighted by molar-refractivity contribution is -0.117. The highest BCUT2D eigenvalue weighted by atomic mass is 16.2. The van der Waals surface area contributed by atoms with Crippen LogP contribution in [0, 0.1) is 5.92 Å². The number of aromatic nitrogens is 1. The molecule has 1 fully saturated rings. The average Bonchev–Trinajstić information content (AvgIpc) is 3.38. The highest BCUT2D eigenvalue weighted by Gasteiger charge is 2.29. The molecule has 0 spiro atoms. The van der Waals surface area contributed by atoms with E-state index in [1.807, 2.05) is 41.2 Å². The molecule has 2 N–H and O–H groups in total. The summed E-state index contributed by atoms with van der Waals surface area (Å²) in [7, 11) is 0. The van der Waals surface area contributed by atoms with Gasteiger partial charge in [-0.3, -0.25) is 9.59 Å². The van der Waals surface area contributed by atoms with Gasteiger partial charge in [0.15, 0.2) is 0 Å². The van der Waals surface area contributed by atoms with E-state index >= 15 is 0 Å². The number of amides is 2. The molecule has 0 bridgehead atoms. The van der Waals surface area contributed by atoms with Gasteiger partial charge in [-0.15, -0.1) is 0 Å². The van der Waals surface area contributed by atoms with Crippen molar-refractivity contribution in [1.29, 1.82) is 0 Å². The molecule has 3 aromatic rings. The summed E-state index contributed by atoms with van der Waals surface area (Å²) in [5.74, 6) is 0.0762. The standard InChI is InChI=1S/C21H19N3O2/c25-20(15-3-4-15)22-17-7-9-18(10-8-17)23-21(26)16-5-11-19(12-6-16)24-13-1-2-14-24/h1-2,5-15H,3-4H2,(H,22,25)(H,23,26). The predicted octanol–water partition coefficient (Wildman–Crippen LogP) is 4.08. The molecule has 0 unspecified atom stereocenters. The molecule has 1 aliphatic carbocycles. The Labute approximate surface area is 151 Å². The second kappa shape index (κ2) is 6.88. The van der Waals surface area contributed by atoms with Crippen LogP contribution in [-0.4, -0.2) is 16.4 Å². The molecule has 0 radical (unpaired) electrons. The quantitative estimate of drug-likeness (QED) is 0.732. The zero-order chi connectivity index (χ0) is 17.9. The van der Waals surface area contributed by atoms with Crippen molar-refractivity contribution in [3.05, 3.63) is 78.6 Å². The van der Waals surface area contributed by atoms with Gasteiger partial charge in [-0.05, 0) is 73.5 Å². The summed E-state index contributed by atoms with van der Waals surface area (Å²) in [6, 6.07) is 18.5. The molecule has 130 valence electrons. The number of nitrogens with zero attached hydrogens (tertiary/aromatic N) is 1. The number of hydrogen-bond acceptors (Lipinski definition) is 2. The number of rotatable bonds is 5. The third-order valence-corrected chi connectivity index (χ3v) is 4.39. The van der Waals surface area contributed by atoms with Crippen molar-refractivity contribution in [2.24, 2.45) is 5.92 Å². The fourth-order valence-electron chi connectivity index (χ4n) is 2.72. The molecule has 1 aliphatic rings. The van der Waals surface area contributed by atoms with Gasteiger partial charge in [-0.2, -0.15) is 0 Å². The van der Waals surface area contributed by atoms with Crippen LogP contribution in [0.4, 0.5) is 11.4 Å². The van der Waals surface area contributed by atoms with E-state index in [2.05, 4.69) is 10.6 Å². The lowest BCUT2D eigenvalue weighted by Crippen LogP contribution is -2.14. The van der Waals surface area contributed by atoms with Crippen LogP contribution in [0.2, 0.25) is 0 Å². The van der Waals surface area contributed by atoms with E-state index in [0.717, 1.165) is 24.2 Å². The average molecular weight is 345 g/mol. The number of hydrogen-bond donors (Lipinski definition) is 2. The fourth-order valence-corrected chi connectivity index (χ4v) is 2.72. The van der Waals surface area contributed by atoms with Gasteiger partial charge in [0.2, 0.25) is 5.91 Å². The lowest BCUT2D eigenvalue weighted by Gasteiger charge is -2.09. The molecule has 5 heteroatoms. The first kappa shape index (κ1) is 16.1. The van der Waals surface area contributed by atoms with E-state index in [-0.39, 0.29) is 17.7 Å². The third-order valence-electron chi connectivity index (χ3n) is 4.39. The summed E-state index contributed by atoms with van der Waals surface area (Å²) in [4.78, 5) is 24.1. The zero-order valence-corrected chi connectivity index (χ0v) is 14.2. The van der Waals surface area contributed by atoms with E-state index in [1.54, 1.807) is 36.4 Å². The molecule has 0 saturated heterocycles. The van der Waals surface area contributed by atoms with Crippen LogP contribution in [0.15, 0.2) is 73.1 Å². The van der Waals surface area contributed by atoms with Gasteiger partial charge in [-0.25, -0.2) is 0 Å². The van der Waals surface area contributed by atoms with Crippen molar-refractivity contribution < 1.29 is 9.59 Å². The number of carbonyl (C=O) groups excluding carboxylic acids is 2. The minimum absolute atomic E-state index is 0.0737. The minimum Gasteiger partial charge on any atom is -0.326 e. The molecule has 2 amide bonds. The van der Waals surface area contributed by atoms with Crippen molar-refractivity contribution in [1.82, 2.24) is 4.57 Å². The largest absolute Gasteiger partial charge is 0.326 e. The van der Waals surface area contributed by atoms with Crippen molar-refractivity contribution in [2.75, 3.05) is 10.6 Å². The Balaban J connectivity index is 1.38. The number of carbonyl (C=O) groups is 2. The van der Waals surface area contributed by atoms with Gasteiger partial charge in [0, 0.05) is 40.9 Å². The second-order valence-corrected chi connectivity index (χ2v) is 6.43. The fraction of sp³-hybridized carbons (Fsp3) is 0.143. The lowest BCUT2D eigenvalue weighted by atomic mass is 10.2. The first-order chi connectivity index (χ1) is 12.7. The Morgan fingerprint density at radius 1 is 0.808 bits per heavy atom. The maximum atomic E-state index is 12.4. The molecular formula is C21H19N3O2. The van der Waals surface area contributed by atoms with Crippen LogP contribution in [0.1, 0.15) is 23.2 Å². The van der Waals surface area contributed by atoms with Crippen LogP contribution >= 0.6 is 0 Å². The first-order valence-electron chi connectivity index (χ1n) is 8.65. The summed E-state index contributed by atoms with van der Waals surface area (Å²) in [5, 5.41) is 5.75. The van der Waals surface area contributed by atoms with E-state index in [1.165, 1.54) is 0 Å². The first-order valence-corrected chi connectivity index (χ1v) is 8.65. The number of benzene rings is 2. The Bertz CT molecular complexity index is 909. The molecule has 0 atom stereocenters. The predicted molar refractivity (Wildman–Crippen MR) is 102 cm³/mol. The smallest absolute Gasteiger partial charge is 0.255 e. The second-order valence-electron chi connectivity index (χ2n) is 6.43.